The van der Waals surface area contributed by atoms with Crippen LogP contribution in [-0.2, 0) is 22.6 Å². The normalized spacial score (nSPS) is 10.5. The van der Waals surface area contributed by atoms with Gasteiger partial charge in [0, 0.05) is 6.92 Å². The quantitative estimate of drug-likeness (QED) is 0.445. The topological polar surface area (TPSA) is 75.4 Å². The van der Waals surface area contributed by atoms with Crippen molar-refractivity contribution in [3.05, 3.63) is 22.8 Å². The predicted molar refractivity (Wildman–Crippen MR) is 63.8 cm³/mol. The Hall–Kier alpha value is -1.85. The lowest BCUT2D eigenvalue weighted by Crippen LogP contribution is -2.34. The number of rotatable bonds is 5. The van der Waals surface area contributed by atoms with Crippen molar-refractivity contribution in [3.63, 3.8) is 0 Å². The van der Waals surface area contributed by atoms with E-state index in [1.54, 1.807) is 0 Å². The molecule has 0 atom stereocenters. The monoisotopic (exact) mass is 254 g/mol. The molecule has 6 heteroatoms. The molecule has 6 nitrogen and oxygen atoms in total. The highest BCUT2D eigenvalue weighted by Crippen LogP contribution is 2.14. The number of methoxy groups -OCH3 is 1. The van der Waals surface area contributed by atoms with Gasteiger partial charge in [-0.3, -0.25) is 4.79 Å². The molecule has 0 saturated heterocycles. The second kappa shape index (κ2) is 6.18. The first-order valence-electron chi connectivity index (χ1n) is 5.73. The summed E-state index contributed by atoms with van der Waals surface area (Å²) in [4.78, 5) is 15.0. The number of ether oxygens (including phenoxy) is 2. The van der Waals surface area contributed by atoms with Crippen molar-refractivity contribution in [2.75, 3.05) is 7.11 Å². The molecule has 1 aromatic rings. The van der Waals surface area contributed by atoms with Crippen molar-refractivity contribution in [3.8, 4) is 5.88 Å². The molecule has 0 aliphatic rings. The van der Waals surface area contributed by atoms with E-state index >= 15 is 0 Å². The minimum Gasteiger partial charge on any atom is -0.618 e. The Morgan fingerprint density at radius 1 is 1.56 bits per heavy atom. The number of aromatic nitrogens is 2. The summed E-state index contributed by atoms with van der Waals surface area (Å²) in [6, 6.07) is 0. The van der Waals surface area contributed by atoms with E-state index in [-0.39, 0.29) is 18.2 Å². The van der Waals surface area contributed by atoms with Gasteiger partial charge in [-0.05, 0) is 12.3 Å². The van der Waals surface area contributed by atoms with Crippen LogP contribution in [0.5, 0.6) is 5.88 Å². The van der Waals surface area contributed by atoms with Crippen molar-refractivity contribution in [2.24, 2.45) is 5.92 Å². The molecule has 0 fully saturated rings. The fourth-order valence-corrected chi connectivity index (χ4v) is 1.51. The number of carbonyl (C=O) groups excluding carboxylic acids is 1. The van der Waals surface area contributed by atoms with Crippen LogP contribution in [0.1, 0.15) is 32.2 Å². The van der Waals surface area contributed by atoms with Gasteiger partial charge in [-0.25, -0.2) is 4.98 Å². The molecule has 0 amide bonds. The summed E-state index contributed by atoms with van der Waals surface area (Å²) in [5.41, 5.74) is 0.851. The summed E-state index contributed by atoms with van der Waals surface area (Å²) in [6.07, 6.45) is 2.08. The van der Waals surface area contributed by atoms with Crippen LogP contribution >= 0.6 is 0 Å². The van der Waals surface area contributed by atoms with Gasteiger partial charge in [0.2, 0.25) is 6.20 Å². The molecule has 0 aromatic carbocycles. The van der Waals surface area contributed by atoms with Gasteiger partial charge in [0.05, 0.1) is 7.11 Å². The maximum absolute atomic E-state index is 11.8. The van der Waals surface area contributed by atoms with Crippen LogP contribution in [0.4, 0.5) is 0 Å². The Balaban J connectivity index is 3.00. The van der Waals surface area contributed by atoms with E-state index in [1.165, 1.54) is 20.2 Å². The zero-order valence-electron chi connectivity index (χ0n) is 11.1. The fraction of sp³-hybridized carbons (Fsp3) is 0.583. The minimum absolute atomic E-state index is 0.142. The average Bonchev–Trinajstić information content (AvgIpc) is 2.25. The zero-order chi connectivity index (χ0) is 13.7. The average molecular weight is 254 g/mol. The molecule has 1 rings (SSSR count). The first-order chi connectivity index (χ1) is 8.43. The number of carbonyl (C=O) groups is 1. The van der Waals surface area contributed by atoms with Crippen LogP contribution in [-0.4, -0.2) is 18.1 Å². The largest absolute Gasteiger partial charge is 0.618 e. The molecule has 0 bridgehead atoms. The fourth-order valence-electron chi connectivity index (χ4n) is 1.51. The van der Waals surface area contributed by atoms with Gasteiger partial charge in [-0.2, -0.15) is 4.73 Å². The molecule has 18 heavy (non-hydrogen) atoms. The summed E-state index contributed by atoms with van der Waals surface area (Å²) in [7, 11) is 1.43. The summed E-state index contributed by atoms with van der Waals surface area (Å²) in [6.45, 7) is 5.21. The number of nitrogens with zero attached hydrogens (tertiary/aromatic N) is 2. The van der Waals surface area contributed by atoms with Crippen LogP contribution < -0.4 is 9.47 Å². The molecule has 1 heterocycles. The Bertz CT molecular complexity index is 432. The summed E-state index contributed by atoms with van der Waals surface area (Å²) >= 11 is 0. The lowest BCUT2D eigenvalue weighted by Gasteiger charge is -2.11. The van der Waals surface area contributed by atoms with Crippen molar-refractivity contribution in [2.45, 2.75) is 33.8 Å². The second-order valence-corrected chi connectivity index (χ2v) is 4.39. The summed E-state index contributed by atoms with van der Waals surface area (Å²) in [5.74, 6) is 0.134. The number of esters is 1. The lowest BCUT2D eigenvalue weighted by molar-refractivity contribution is -0.617. The molecule has 0 radical (unpaired) electrons. The van der Waals surface area contributed by atoms with Crippen LogP contribution in [0.2, 0.25) is 0 Å². The summed E-state index contributed by atoms with van der Waals surface area (Å²) in [5, 5.41) is 11.8. The van der Waals surface area contributed by atoms with E-state index in [1.807, 2.05) is 13.8 Å². The maximum Gasteiger partial charge on any atom is 0.303 e. The lowest BCUT2D eigenvalue weighted by atomic mass is 10.1. The highest BCUT2D eigenvalue weighted by atomic mass is 16.5. The van der Waals surface area contributed by atoms with Crippen LogP contribution in [0, 0.1) is 11.1 Å². The molecular formula is C12H18N2O4. The Kier molecular flexibility index (Phi) is 4.88. The second-order valence-electron chi connectivity index (χ2n) is 4.39. The highest BCUT2D eigenvalue weighted by Gasteiger charge is 2.19. The van der Waals surface area contributed by atoms with Crippen molar-refractivity contribution < 1.29 is 19.0 Å². The first kappa shape index (κ1) is 14.2. The van der Waals surface area contributed by atoms with E-state index in [0.717, 1.165) is 0 Å². The molecule has 0 unspecified atom stereocenters. The van der Waals surface area contributed by atoms with Gasteiger partial charge < -0.3 is 14.7 Å². The molecule has 1 aromatic heterocycles. The third-order valence-electron chi connectivity index (χ3n) is 2.25. The van der Waals surface area contributed by atoms with E-state index < -0.39 is 5.97 Å². The molecule has 0 aliphatic heterocycles. The van der Waals surface area contributed by atoms with E-state index in [0.29, 0.717) is 22.8 Å². The third-order valence-corrected chi connectivity index (χ3v) is 2.25. The molecule has 0 aliphatic carbocycles. The molecule has 0 spiro atoms. The minimum atomic E-state index is -0.455. The van der Waals surface area contributed by atoms with Gasteiger partial charge in [-0.1, -0.05) is 13.8 Å². The smallest absolute Gasteiger partial charge is 0.303 e. The number of hydrogen-bond acceptors (Lipinski definition) is 5. The van der Waals surface area contributed by atoms with E-state index in [4.69, 9.17) is 9.47 Å². The molecule has 100 valence electrons. The highest BCUT2D eigenvalue weighted by molar-refractivity contribution is 5.65. The summed E-state index contributed by atoms with van der Waals surface area (Å²) < 4.78 is 10.5. The van der Waals surface area contributed by atoms with Crippen LogP contribution in [0.15, 0.2) is 6.20 Å². The maximum atomic E-state index is 11.8. The first-order valence-corrected chi connectivity index (χ1v) is 5.73. The molecule has 0 saturated carbocycles. The van der Waals surface area contributed by atoms with E-state index in [2.05, 4.69) is 4.98 Å². The zero-order valence-corrected chi connectivity index (χ0v) is 11.1. The van der Waals surface area contributed by atoms with Gasteiger partial charge >= 0.3 is 5.97 Å². The van der Waals surface area contributed by atoms with Crippen molar-refractivity contribution >= 4 is 5.97 Å². The molecule has 0 N–H and O–H groups in total. The van der Waals surface area contributed by atoms with Crippen LogP contribution in [0.3, 0.4) is 0 Å². The van der Waals surface area contributed by atoms with E-state index in [9.17, 15) is 10.0 Å². The standard InChI is InChI=1S/C12H18N2O4/c1-8(2)5-10-6-14(16)11(7-18-9(3)15)12(13-10)17-4/h6,8H,5,7H2,1-4H3. The van der Waals surface area contributed by atoms with Gasteiger partial charge in [0.15, 0.2) is 6.61 Å². The van der Waals surface area contributed by atoms with Gasteiger partial charge in [0.25, 0.3) is 11.6 Å². The number of hydrogen-bond donors (Lipinski definition) is 0. The Morgan fingerprint density at radius 3 is 2.72 bits per heavy atom. The van der Waals surface area contributed by atoms with Crippen molar-refractivity contribution in [1.82, 2.24) is 4.98 Å². The third kappa shape index (κ3) is 3.87. The van der Waals surface area contributed by atoms with Gasteiger partial charge in [-0.15, -0.1) is 0 Å². The Morgan fingerprint density at radius 2 is 2.22 bits per heavy atom. The Labute approximate surface area is 106 Å². The molecular weight excluding hydrogens is 236 g/mol. The van der Waals surface area contributed by atoms with Crippen LogP contribution in [0.25, 0.3) is 0 Å². The van der Waals surface area contributed by atoms with Gasteiger partial charge in [0.1, 0.15) is 5.69 Å². The predicted octanol–water partition coefficient (Wildman–Crippen LogP) is 0.985. The SMILES string of the molecule is COc1nc(CC(C)C)c[n+]([O-])c1COC(C)=O. The van der Waals surface area contributed by atoms with Crippen molar-refractivity contribution in [1.29, 1.82) is 0 Å².